The van der Waals surface area contributed by atoms with Gasteiger partial charge in [0.15, 0.2) is 0 Å². The molecule has 0 spiro atoms. The highest BCUT2D eigenvalue weighted by Gasteiger charge is 1.98. The summed E-state index contributed by atoms with van der Waals surface area (Å²) in [5.74, 6) is -0.377. The fourth-order valence-electron chi connectivity index (χ4n) is 1.60. The highest BCUT2D eigenvalue weighted by molar-refractivity contribution is 5.84. The first-order valence-electron chi connectivity index (χ1n) is 6.04. The van der Waals surface area contributed by atoms with Gasteiger partial charge < -0.3 is 9.84 Å². The van der Waals surface area contributed by atoms with Gasteiger partial charge in [0.2, 0.25) is 0 Å². The molecule has 20 heavy (non-hydrogen) atoms. The van der Waals surface area contributed by atoms with Crippen molar-refractivity contribution >= 4 is 12.0 Å². The topological polar surface area (TPSA) is 72.3 Å². The van der Waals surface area contributed by atoms with Crippen molar-refractivity contribution in [1.29, 1.82) is 0 Å². The number of aryl methyl sites for hydroxylation is 1. The van der Waals surface area contributed by atoms with Crippen molar-refractivity contribution in [3.05, 3.63) is 59.7 Å². The number of pyridine rings is 2. The number of carboxylic acid groups (broad SMARTS) is 1. The summed E-state index contributed by atoms with van der Waals surface area (Å²) >= 11 is 0. The molecule has 0 aliphatic rings. The summed E-state index contributed by atoms with van der Waals surface area (Å²) in [6.07, 6.45) is 7.57. The Balaban J connectivity index is 1.95. The second kappa shape index (κ2) is 6.47. The van der Waals surface area contributed by atoms with E-state index in [0.717, 1.165) is 17.2 Å². The van der Waals surface area contributed by atoms with Crippen LogP contribution in [0, 0.1) is 6.92 Å². The van der Waals surface area contributed by atoms with Crippen LogP contribution in [0.3, 0.4) is 0 Å². The molecule has 5 nitrogen and oxygen atoms in total. The van der Waals surface area contributed by atoms with Crippen molar-refractivity contribution in [2.75, 3.05) is 0 Å². The fourth-order valence-corrected chi connectivity index (χ4v) is 1.60. The number of rotatable bonds is 5. The van der Waals surface area contributed by atoms with Crippen LogP contribution in [0.15, 0.2) is 42.9 Å². The third kappa shape index (κ3) is 4.20. The van der Waals surface area contributed by atoms with Gasteiger partial charge in [0, 0.05) is 24.0 Å². The molecule has 5 heteroatoms. The minimum absolute atomic E-state index is 0.417. The highest BCUT2D eigenvalue weighted by atomic mass is 16.5. The fraction of sp³-hybridized carbons (Fsp3) is 0.133. The monoisotopic (exact) mass is 270 g/mol. The van der Waals surface area contributed by atoms with Crippen molar-refractivity contribution in [2.24, 2.45) is 0 Å². The summed E-state index contributed by atoms with van der Waals surface area (Å²) in [5.41, 5.74) is 2.63. The van der Waals surface area contributed by atoms with Crippen LogP contribution in [0.5, 0.6) is 5.75 Å². The molecule has 0 amide bonds. The van der Waals surface area contributed by atoms with E-state index in [-0.39, 0.29) is 0 Å². The molecule has 1 N–H and O–H groups in total. The maximum Gasteiger partial charge on any atom is 0.328 e. The predicted octanol–water partition coefficient (Wildman–Crippen LogP) is 2.46. The second-order valence-electron chi connectivity index (χ2n) is 4.25. The molecule has 0 fully saturated rings. The minimum Gasteiger partial charge on any atom is -0.487 e. The van der Waals surface area contributed by atoms with Crippen molar-refractivity contribution in [1.82, 2.24) is 9.97 Å². The lowest BCUT2D eigenvalue weighted by Crippen LogP contribution is -1.97. The zero-order valence-corrected chi connectivity index (χ0v) is 11.0. The van der Waals surface area contributed by atoms with E-state index in [1.54, 1.807) is 30.7 Å². The third-order valence-electron chi connectivity index (χ3n) is 2.49. The summed E-state index contributed by atoms with van der Waals surface area (Å²) in [6, 6.07) is 5.45. The molecule has 0 radical (unpaired) electrons. The Morgan fingerprint density at radius 1 is 1.35 bits per heavy atom. The van der Waals surface area contributed by atoms with Gasteiger partial charge in [-0.2, -0.15) is 0 Å². The molecule has 2 aromatic rings. The smallest absolute Gasteiger partial charge is 0.328 e. The zero-order valence-electron chi connectivity index (χ0n) is 11.0. The lowest BCUT2D eigenvalue weighted by molar-refractivity contribution is -0.131. The molecule has 0 aromatic carbocycles. The van der Waals surface area contributed by atoms with Crippen LogP contribution < -0.4 is 4.74 Å². The van der Waals surface area contributed by atoms with Gasteiger partial charge in [-0.1, -0.05) is 0 Å². The van der Waals surface area contributed by atoms with Crippen molar-refractivity contribution in [3.63, 3.8) is 0 Å². The molecule has 0 atom stereocenters. The van der Waals surface area contributed by atoms with E-state index in [4.69, 9.17) is 9.84 Å². The van der Waals surface area contributed by atoms with Crippen LogP contribution in [0.4, 0.5) is 0 Å². The molecular formula is C15H14N2O3. The summed E-state index contributed by atoms with van der Waals surface area (Å²) in [4.78, 5) is 18.6. The average Bonchev–Trinajstić information content (AvgIpc) is 2.44. The number of hydrogen-bond donors (Lipinski definition) is 1. The van der Waals surface area contributed by atoms with Crippen LogP contribution in [0.2, 0.25) is 0 Å². The maximum absolute atomic E-state index is 10.4. The first-order chi connectivity index (χ1) is 9.63. The van der Waals surface area contributed by atoms with Crippen LogP contribution in [0.1, 0.15) is 16.8 Å². The number of nitrogens with zero attached hydrogens (tertiary/aromatic N) is 2. The minimum atomic E-state index is -1.00. The van der Waals surface area contributed by atoms with E-state index >= 15 is 0 Å². The van der Waals surface area contributed by atoms with Gasteiger partial charge in [-0.05, 0) is 36.8 Å². The van der Waals surface area contributed by atoms with Gasteiger partial charge >= 0.3 is 5.97 Å². The summed E-state index contributed by atoms with van der Waals surface area (Å²) < 4.78 is 5.58. The van der Waals surface area contributed by atoms with E-state index in [2.05, 4.69) is 9.97 Å². The third-order valence-corrected chi connectivity index (χ3v) is 2.49. The SMILES string of the molecule is Cc1cncc(COc2ccc(/C=C/C(=O)O)nc2)c1. The summed E-state index contributed by atoms with van der Waals surface area (Å²) in [6.45, 7) is 2.39. The van der Waals surface area contributed by atoms with Gasteiger partial charge in [-0.3, -0.25) is 9.97 Å². The average molecular weight is 270 g/mol. The Bertz CT molecular complexity index is 621. The summed E-state index contributed by atoms with van der Waals surface area (Å²) in [7, 11) is 0. The Hall–Kier alpha value is -2.69. The van der Waals surface area contributed by atoms with E-state index in [1.165, 1.54) is 6.08 Å². The van der Waals surface area contributed by atoms with Gasteiger partial charge in [0.1, 0.15) is 12.4 Å². The highest BCUT2D eigenvalue weighted by Crippen LogP contribution is 2.12. The predicted molar refractivity (Wildman–Crippen MR) is 74.2 cm³/mol. The number of ether oxygens (including phenoxy) is 1. The first kappa shape index (κ1) is 13.7. The number of carboxylic acids is 1. The molecular weight excluding hydrogens is 256 g/mol. The molecule has 0 bridgehead atoms. The lowest BCUT2D eigenvalue weighted by atomic mass is 10.2. The lowest BCUT2D eigenvalue weighted by Gasteiger charge is -2.06. The van der Waals surface area contributed by atoms with Crippen molar-refractivity contribution < 1.29 is 14.6 Å². The van der Waals surface area contributed by atoms with Crippen LogP contribution in [-0.4, -0.2) is 21.0 Å². The van der Waals surface area contributed by atoms with Gasteiger partial charge in [0.05, 0.1) is 11.9 Å². The number of carbonyl (C=O) groups is 1. The van der Waals surface area contributed by atoms with E-state index in [0.29, 0.717) is 18.1 Å². The molecule has 0 saturated carbocycles. The first-order valence-corrected chi connectivity index (χ1v) is 6.04. The van der Waals surface area contributed by atoms with Gasteiger partial charge in [-0.15, -0.1) is 0 Å². The number of aliphatic carboxylic acids is 1. The van der Waals surface area contributed by atoms with Crippen molar-refractivity contribution in [3.8, 4) is 5.75 Å². The van der Waals surface area contributed by atoms with Crippen LogP contribution in [0.25, 0.3) is 6.08 Å². The molecule has 0 aliphatic heterocycles. The van der Waals surface area contributed by atoms with Crippen LogP contribution >= 0.6 is 0 Å². The Labute approximate surface area is 116 Å². The van der Waals surface area contributed by atoms with E-state index in [9.17, 15) is 4.79 Å². The number of aromatic nitrogens is 2. The Morgan fingerprint density at radius 3 is 2.85 bits per heavy atom. The molecule has 2 rings (SSSR count). The quantitative estimate of drug-likeness (QED) is 0.845. The van der Waals surface area contributed by atoms with E-state index in [1.807, 2.05) is 13.0 Å². The zero-order chi connectivity index (χ0) is 14.4. The normalized spacial score (nSPS) is 10.7. The van der Waals surface area contributed by atoms with Crippen LogP contribution in [-0.2, 0) is 11.4 Å². The standard InChI is InChI=1S/C15H14N2O3/c1-11-6-12(8-16-7-11)10-20-14-4-2-13(17-9-14)3-5-15(18)19/h2-9H,10H2,1H3,(H,18,19)/b5-3+. The maximum atomic E-state index is 10.4. The van der Waals surface area contributed by atoms with E-state index < -0.39 is 5.97 Å². The molecule has 0 saturated heterocycles. The molecule has 2 aromatic heterocycles. The largest absolute Gasteiger partial charge is 0.487 e. The molecule has 102 valence electrons. The Morgan fingerprint density at radius 2 is 2.20 bits per heavy atom. The molecule has 2 heterocycles. The number of hydrogen-bond acceptors (Lipinski definition) is 4. The molecule has 0 aliphatic carbocycles. The summed E-state index contributed by atoms with van der Waals surface area (Å²) in [5, 5.41) is 8.52. The molecule has 0 unspecified atom stereocenters. The van der Waals surface area contributed by atoms with Gasteiger partial charge in [0.25, 0.3) is 0 Å². The van der Waals surface area contributed by atoms with Gasteiger partial charge in [-0.25, -0.2) is 4.79 Å². The van der Waals surface area contributed by atoms with Crippen molar-refractivity contribution in [2.45, 2.75) is 13.5 Å². The Kier molecular flexibility index (Phi) is 4.44. The second-order valence-corrected chi connectivity index (χ2v) is 4.25.